The lowest BCUT2D eigenvalue weighted by Gasteiger charge is -2.05. The van der Waals surface area contributed by atoms with Crippen molar-refractivity contribution < 1.29 is 19.1 Å². The number of rotatable bonds is 4. The molecular formula is C14H14N2O4. The molecule has 0 aliphatic rings. The molecule has 6 nitrogen and oxygen atoms in total. The van der Waals surface area contributed by atoms with Crippen molar-refractivity contribution in [2.24, 2.45) is 5.10 Å². The van der Waals surface area contributed by atoms with Crippen molar-refractivity contribution in [1.29, 1.82) is 0 Å². The molecule has 0 spiro atoms. The first kappa shape index (κ1) is 13.7. The van der Waals surface area contributed by atoms with Gasteiger partial charge in [0.25, 0.3) is 5.91 Å². The lowest BCUT2D eigenvalue weighted by molar-refractivity contribution is 0.0952. The molecule has 1 amide bonds. The number of methoxy groups -OCH3 is 1. The summed E-state index contributed by atoms with van der Waals surface area (Å²) in [7, 11) is 1.48. The summed E-state index contributed by atoms with van der Waals surface area (Å²) in [6.07, 6.45) is 1.38. The highest BCUT2D eigenvalue weighted by Crippen LogP contribution is 2.23. The van der Waals surface area contributed by atoms with Crippen molar-refractivity contribution >= 4 is 12.1 Å². The summed E-state index contributed by atoms with van der Waals surface area (Å²) in [4.78, 5) is 11.8. The highest BCUT2D eigenvalue weighted by atomic mass is 16.5. The van der Waals surface area contributed by atoms with Crippen LogP contribution in [-0.2, 0) is 0 Å². The summed E-state index contributed by atoms with van der Waals surface area (Å²) < 4.78 is 10.2. The van der Waals surface area contributed by atoms with Crippen molar-refractivity contribution in [1.82, 2.24) is 5.43 Å². The van der Waals surface area contributed by atoms with E-state index in [0.717, 1.165) is 5.76 Å². The van der Waals surface area contributed by atoms with Crippen molar-refractivity contribution in [2.75, 3.05) is 7.11 Å². The molecule has 1 heterocycles. The number of hydrazone groups is 1. The first-order valence-electron chi connectivity index (χ1n) is 5.87. The van der Waals surface area contributed by atoms with Crippen LogP contribution in [0, 0.1) is 6.92 Å². The normalized spacial score (nSPS) is 10.7. The zero-order valence-corrected chi connectivity index (χ0v) is 11.1. The van der Waals surface area contributed by atoms with E-state index in [1.54, 1.807) is 18.2 Å². The van der Waals surface area contributed by atoms with Crippen molar-refractivity contribution in [2.45, 2.75) is 6.92 Å². The van der Waals surface area contributed by atoms with Gasteiger partial charge in [0.05, 0.1) is 18.9 Å². The second kappa shape index (κ2) is 5.92. The number of phenols is 1. The molecule has 0 unspecified atom stereocenters. The average molecular weight is 274 g/mol. The Balaban J connectivity index is 2.03. The van der Waals surface area contributed by atoms with Crippen molar-refractivity contribution in [3.63, 3.8) is 0 Å². The van der Waals surface area contributed by atoms with Gasteiger partial charge in [0, 0.05) is 6.07 Å². The first-order valence-corrected chi connectivity index (χ1v) is 5.87. The standard InChI is InChI=1S/C14H14N2O4/c1-9-3-4-11(20-9)8-15-16-14(18)12-6-5-10(19-2)7-13(12)17/h3-8,17H,1-2H3,(H,16,18). The number of nitrogens with zero attached hydrogens (tertiary/aromatic N) is 1. The van der Waals surface area contributed by atoms with Crippen molar-refractivity contribution in [3.05, 3.63) is 47.4 Å². The minimum absolute atomic E-state index is 0.110. The Kier molecular flexibility index (Phi) is 4.05. The van der Waals surface area contributed by atoms with Crippen LogP contribution in [-0.4, -0.2) is 24.3 Å². The molecule has 0 saturated carbocycles. The van der Waals surface area contributed by atoms with E-state index in [4.69, 9.17) is 9.15 Å². The minimum atomic E-state index is -0.523. The van der Waals surface area contributed by atoms with E-state index in [1.807, 2.05) is 6.92 Å². The Hall–Kier alpha value is -2.76. The SMILES string of the molecule is COc1ccc(C(=O)NN=Cc2ccc(C)o2)c(O)c1. The van der Waals surface area contributed by atoms with Crippen LogP contribution in [0.3, 0.4) is 0 Å². The molecule has 0 aliphatic carbocycles. The predicted molar refractivity (Wildman–Crippen MR) is 73.2 cm³/mol. The fraction of sp³-hybridized carbons (Fsp3) is 0.143. The molecule has 0 fully saturated rings. The monoisotopic (exact) mass is 274 g/mol. The van der Waals surface area contributed by atoms with Crippen LogP contribution in [0.25, 0.3) is 0 Å². The molecule has 1 aromatic heterocycles. The fourth-order valence-electron chi connectivity index (χ4n) is 1.57. The first-order chi connectivity index (χ1) is 9.60. The number of nitrogens with one attached hydrogen (secondary N) is 1. The Labute approximate surface area is 115 Å². The molecule has 0 aliphatic heterocycles. The highest BCUT2D eigenvalue weighted by Gasteiger charge is 2.11. The van der Waals surface area contributed by atoms with Gasteiger partial charge in [-0.05, 0) is 31.2 Å². The third-order valence-corrected chi connectivity index (χ3v) is 2.57. The molecule has 0 radical (unpaired) electrons. The zero-order chi connectivity index (χ0) is 14.5. The van der Waals surface area contributed by atoms with Crippen LogP contribution < -0.4 is 10.2 Å². The molecule has 2 rings (SSSR count). The van der Waals surface area contributed by atoms with E-state index in [1.165, 1.54) is 25.5 Å². The molecule has 104 valence electrons. The van der Waals surface area contributed by atoms with E-state index in [9.17, 15) is 9.90 Å². The van der Waals surface area contributed by atoms with E-state index < -0.39 is 5.91 Å². The number of benzene rings is 1. The summed E-state index contributed by atoms with van der Waals surface area (Å²) in [5.41, 5.74) is 2.41. The average Bonchev–Trinajstić information content (AvgIpc) is 2.84. The lowest BCUT2D eigenvalue weighted by atomic mass is 10.2. The molecule has 0 bridgehead atoms. The number of ether oxygens (including phenoxy) is 1. The smallest absolute Gasteiger partial charge is 0.275 e. The summed E-state index contributed by atoms with van der Waals surface area (Å²) in [6, 6.07) is 7.91. The molecule has 6 heteroatoms. The Morgan fingerprint density at radius 2 is 2.20 bits per heavy atom. The van der Waals surface area contributed by atoms with Gasteiger partial charge in [-0.25, -0.2) is 5.43 Å². The zero-order valence-electron chi connectivity index (χ0n) is 11.1. The molecular weight excluding hydrogens is 260 g/mol. The van der Waals surface area contributed by atoms with Crippen LogP contribution in [0.2, 0.25) is 0 Å². The summed E-state index contributed by atoms with van der Waals surface area (Å²) in [5.74, 6) is 1.05. The van der Waals surface area contributed by atoms with Gasteiger partial charge in [-0.15, -0.1) is 0 Å². The van der Waals surface area contributed by atoms with Gasteiger partial charge in [-0.3, -0.25) is 4.79 Å². The number of furan rings is 1. The maximum Gasteiger partial charge on any atom is 0.275 e. The lowest BCUT2D eigenvalue weighted by Crippen LogP contribution is -2.17. The quantitative estimate of drug-likeness (QED) is 0.660. The molecule has 2 aromatic rings. The largest absolute Gasteiger partial charge is 0.507 e. The van der Waals surface area contributed by atoms with E-state index in [0.29, 0.717) is 11.5 Å². The van der Waals surface area contributed by atoms with Gasteiger partial charge in [0.1, 0.15) is 23.0 Å². The van der Waals surface area contributed by atoms with E-state index in [-0.39, 0.29) is 11.3 Å². The van der Waals surface area contributed by atoms with Gasteiger partial charge in [-0.2, -0.15) is 5.10 Å². The number of aromatic hydroxyl groups is 1. The Bertz CT molecular complexity index is 646. The number of carbonyl (C=O) groups is 1. The second-order valence-electron chi connectivity index (χ2n) is 4.03. The number of amides is 1. The number of phenolic OH excluding ortho intramolecular Hbond substituents is 1. The fourth-order valence-corrected chi connectivity index (χ4v) is 1.57. The summed E-state index contributed by atoms with van der Waals surface area (Å²) in [6.45, 7) is 1.81. The third kappa shape index (κ3) is 3.17. The van der Waals surface area contributed by atoms with E-state index >= 15 is 0 Å². The molecule has 2 N–H and O–H groups in total. The van der Waals surface area contributed by atoms with Crippen molar-refractivity contribution in [3.8, 4) is 11.5 Å². The maximum absolute atomic E-state index is 11.8. The Morgan fingerprint density at radius 1 is 1.40 bits per heavy atom. The van der Waals surface area contributed by atoms with Gasteiger partial charge in [0.15, 0.2) is 0 Å². The van der Waals surface area contributed by atoms with Crippen LogP contribution in [0.1, 0.15) is 21.9 Å². The topological polar surface area (TPSA) is 84.1 Å². The van der Waals surface area contributed by atoms with Gasteiger partial charge in [0.2, 0.25) is 0 Å². The number of hydrogen-bond acceptors (Lipinski definition) is 5. The second-order valence-corrected chi connectivity index (χ2v) is 4.03. The van der Waals surface area contributed by atoms with Crippen LogP contribution in [0.4, 0.5) is 0 Å². The van der Waals surface area contributed by atoms with Gasteiger partial charge in [-0.1, -0.05) is 0 Å². The Morgan fingerprint density at radius 3 is 2.80 bits per heavy atom. The van der Waals surface area contributed by atoms with Gasteiger partial charge >= 0.3 is 0 Å². The summed E-state index contributed by atoms with van der Waals surface area (Å²) in [5, 5.41) is 13.5. The molecule has 0 atom stereocenters. The van der Waals surface area contributed by atoms with Crippen LogP contribution >= 0.6 is 0 Å². The maximum atomic E-state index is 11.8. The van der Waals surface area contributed by atoms with Gasteiger partial charge < -0.3 is 14.3 Å². The third-order valence-electron chi connectivity index (χ3n) is 2.57. The summed E-state index contributed by atoms with van der Waals surface area (Å²) >= 11 is 0. The van der Waals surface area contributed by atoms with Crippen LogP contribution in [0.5, 0.6) is 11.5 Å². The number of aryl methyl sites for hydroxylation is 1. The van der Waals surface area contributed by atoms with Crippen LogP contribution in [0.15, 0.2) is 39.9 Å². The minimum Gasteiger partial charge on any atom is -0.507 e. The number of hydrogen-bond donors (Lipinski definition) is 2. The number of carbonyl (C=O) groups excluding carboxylic acids is 1. The predicted octanol–water partition coefficient (Wildman–Crippen LogP) is 2.07. The molecule has 20 heavy (non-hydrogen) atoms. The van der Waals surface area contributed by atoms with E-state index in [2.05, 4.69) is 10.5 Å². The molecule has 1 aromatic carbocycles. The molecule has 0 saturated heterocycles. The highest BCUT2D eigenvalue weighted by molar-refractivity contribution is 5.97.